The van der Waals surface area contributed by atoms with Gasteiger partial charge in [0.25, 0.3) is 5.91 Å². The molecule has 0 fully saturated rings. The van der Waals surface area contributed by atoms with E-state index in [0.29, 0.717) is 12.8 Å². The number of esters is 4. The van der Waals surface area contributed by atoms with Crippen molar-refractivity contribution in [2.45, 2.75) is 111 Å². The van der Waals surface area contributed by atoms with E-state index in [-0.39, 0.29) is 54.2 Å². The van der Waals surface area contributed by atoms with Crippen molar-refractivity contribution in [2.24, 2.45) is 5.41 Å². The van der Waals surface area contributed by atoms with Crippen molar-refractivity contribution in [3.8, 4) is 11.5 Å². The molecule has 0 saturated carbocycles. The quantitative estimate of drug-likeness (QED) is 0.0149. The molecule has 1 aromatic heterocycles. The maximum atomic E-state index is 13.6. The number of carbonyl (C=O) groups is 5. The number of nitrogens with zero attached hydrogens (tertiary/aromatic N) is 1. The van der Waals surface area contributed by atoms with Crippen molar-refractivity contribution in [1.29, 1.82) is 0 Å². The number of pyridine rings is 1. The van der Waals surface area contributed by atoms with E-state index in [1.54, 1.807) is 65.0 Å². The van der Waals surface area contributed by atoms with Crippen molar-refractivity contribution in [2.75, 3.05) is 13.2 Å². The summed E-state index contributed by atoms with van der Waals surface area (Å²) in [6.07, 6.45) is 25.3. The molecule has 0 spiro atoms. The molecule has 2 aromatic carbocycles. The van der Waals surface area contributed by atoms with E-state index in [1.165, 1.54) is 42.7 Å². The summed E-state index contributed by atoms with van der Waals surface area (Å²) in [5, 5.41) is 13.7. The number of carbonyl (C=O) groups excluding carboxylic acids is 5. The average Bonchev–Trinajstić information content (AvgIpc) is 3.27. The standard InChI is InChI=1S/C52H64N2O11/c1-7-8-9-10-11-12-13-14-15-16-17-18-19-20-21-22-33-44(55)61-38-52(5,6)46(64-48(58)39-28-27-35-53-37-39)47(57)54-36-34-45(56)62-42-31-25-23-29-40(42)49(59)63-43-32-26-24-30-41(43)50(60)65-51(2,3)4/h8-9,11-12,14-15,17-20,23-32,35,37,46,49,59H,7,10,13,16,21-22,33-34,36,38H2,1-6H3,(H,54,57)/b9-8-,12-11-,15-14-,18-17+,20-19-/t46-,49?/m0/s1. The average molecular weight is 893 g/mol. The molecule has 0 radical (unpaired) electrons. The molecule has 3 rings (SSSR count). The van der Waals surface area contributed by atoms with Gasteiger partial charge in [-0.2, -0.15) is 0 Å². The van der Waals surface area contributed by atoms with E-state index in [2.05, 4.69) is 59.8 Å². The van der Waals surface area contributed by atoms with Crippen molar-refractivity contribution in [3.05, 3.63) is 151 Å². The summed E-state index contributed by atoms with van der Waals surface area (Å²) in [6, 6.07) is 15.5. The number of amides is 1. The lowest BCUT2D eigenvalue weighted by Gasteiger charge is -2.32. The fraction of sp³-hybridized carbons (Fsp3) is 0.385. The van der Waals surface area contributed by atoms with Crippen LogP contribution in [0.1, 0.15) is 125 Å². The van der Waals surface area contributed by atoms with Crippen molar-refractivity contribution >= 4 is 29.8 Å². The number of nitrogens with one attached hydrogen (secondary N) is 1. The monoisotopic (exact) mass is 892 g/mol. The van der Waals surface area contributed by atoms with Crippen LogP contribution in [0.3, 0.4) is 0 Å². The Bertz CT molecular complexity index is 2130. The van der Waals surface area contributed by atoms with Crippen LogP contribution in [0.5, 0.6) is 11.5 Å². The fourth-order valence-electron chi connectivity index (χ4n) is 5.81. The maximum Gasteiger partial charge on any atom is 0.342 e. The van der Waals surface area contributed by atoms with Crippen molar-refractivity contribution in [3.63, 3.8) is 0 Å². The molecule has 1 unspecified atom stereocenters. The first-order valence-electron chi connectivity index (χ1n) is 21.9. The molecule has 0 aliphatic rings. The molecule has 13 nitrogen and oxygen atoms in total. The fourth-order valence-corrected chi connectivity index (χ4v) is 5.81. The second kappa shape index (κ2) is 28.2. The Morgan fingerprint density at radius 3 is 2.06 bits per heavy atom. The van der Waals surface area contributed by atoms with Gasteiger partial charge in [-0.15, -0.1) is 0 Å². The van der Waals surface area contributed by atoms with Gasteiger partial charge in [0, 0.05) is 30.8 Å². The zero-order chi connectivity index (χ0) is 47.5. The first kappa shape index (κ1) is 52.7. The van der Waals surface area contributed by atoms with E-state index in [1.807, 2.05) is 18.2 Å². The lowest BCUT2D eigenvalue weighted by molar-refractivity contribution is -0.153. The molecule has 1 heterocycles. The third kappa shape index (κ3) is 20.6. The first-order valence-corrected chi connectivity index (χ1v) is 21.9. The second-order valence-corrected chi connectivity index (χ2v) is 16.5. The number of ether oxygens (including phenoxy) is 5. The Morgan fingerprint density at radius 2 is 1.38 bits per heavy atom. The number of benzene rings is 2. The molecule has 13 heteroatoms. The largest absolute Gasteiger partial charge is 0.465 e. The Balaban J connectivity index is 1.53. The van der Waals surface area contributed by atoms with E-state index in [9.17, 15) is 29.1 Å². The van der Waals surface area contributed by atoms with E-state index >= 15 is 0 Å². The normalized spacial score (nSPS) is 13.0. The van der Waals surface area contributed by atoms with Crippen LogP contribution in [0.25, 0.3) is 0 Å². The molecule has 2 atom stereocenters. The van der Waals surface area contributed by atoms with Crippen LogP contribution in [0.2, 0.25) is 0 Å². The molecule has 2 N–H and O–H groups in total. The molecule has 0 aliphatic heterocycles. The number of aliphatic hydroxyl groups excluding tert-OH is 1. The molecular formula is C52H64N2O11. The van der Waals surface area contributed by atoms with E-state index in [4.69, 9.17) is 23.7 Å². The van der Waals surface area contributed by atoms with Crippen LogP contribution in [-0.4, -0.2) is 64.7 Å². The summed E-state index contributed by atoms with van der Waals surface area (Å²) >= 11 is 0. The van der Waals surface area contributed by atoms with Crippen LogP contribution in [0.15, 0.2) is 134 Å². The highest BCUT2D eigenvalue weighted by Crippen LogP contribution is 2.31. The van der Waals surface area contributed by atoms with Gasteiger partial charge in [0.15, 0.2) is 6.10 Å². The van der Waals surface area contributed by atoms with Crippen LogP contribution < -0.4 is 14.8 Å². The zero-order valence-electron chi connectivity index (χ0n) is 38.4. The predicted molar refractivity (Wildman–Crippen MR) is 249 cm³/mol. The summed E-state index contributed by atoms with van der Waals surface area (Å²) in [5.74, 6) is -3.38. The highest BCUT2D eigenvalue weighted by Gasteiger charge is 2.40. The summed E-state index contributed by atoms with van der Waals surface area (Å²) < 4.78 is 28.0. The molecule has 0 saturated heterocycles. The number of para-hydroxylation sites is 2. The molecular weight excluding hydrogens is 829 g/mol. The number of rotatable bonds is 26. The van der Waals surface area contributed by atoms with Gasteiger partial charge in [-0.3, -0.25) is 19.4 Å². The van der Waals surface area contributed by atoms with Gasteiger partial charge in [0.05, 0.1) is 17.5 Å². The maximum absolute atomic E-state index is 13.6. The summed E-state index contributed by atoms with van der Waals surface area (Å²) in [6.45, 7) is 10.1. The first-order chi connectivity index (χ1) is 31.1. The summed E-state index contributed by atoms with van der Waals surface area (Å²) in [4.78, 5) is 69.3. The van der Waals surface area contributed by atoms with Gasteiger partial charge in [-0.1, -0.05) is 106 Å². The van der Waals surface area contributed by atoms with Gasteiger partial charge < -0.3 is 34.1 Å². The summed E-state index contributed by atoms with van der Waals surface area (Å²) in [7, 11) is 0. The SMILES string of the molecule is CC/C=C\C/C=C\C/C=C\C/C=C/C=C\CCCC(=O)OCC(C)(C)[C@@H](OC(=O)c1cccnc1)C(=O)NCCC(=O)Oc1ccccc1C(O)Oc1ccccc1C(=O)OC(C)(C)C. The topological polar surface area (TPSA) is 177 Å². The Morgan fingerprint density at radius 1 is 0.738 bits per heavy atom. The minimum absolute atomic E-state index is 0.0147. The molecule has 65 heavy (non-hydrogen) atoms. The van der Waals surface area contributed by atoms with Gasteiger partial charge in [0.2, 0.25) is 6.29 Å². The van der Waals surface area contributed by atoms with Crippen LogP contribution in [-0.2, 0) is 28.6 Å². The lowest BCUT2D eigenvalue weighted by Crippen LogP contribution is -2.49. The van der Waals surface area contributed by atoms with Crippen LogP contribution in [0.4, 0.5) is 0 Å². The van der Waals surface area contributed by atoms with Crippen LogP contribution >= 0.6 is 0 Å². The Kier molecular flexibility index (Phi) is 22.9. The van der Waals surface area contributed by atoms with Gasteiger partial charge in [-0.05, 0) is 95.7 Å². The van der Waals surface area contributed by atoms with Gasteiger partial charge >= 0.3 is 23.9 Å². The Hall–Kier alpha value is -6.60. The van der Waals surface area contributed by atoms with E-state index < -0.39 is 53.2 Å². The molecule has 3 aromatic rings. The number of aromatic nitrogens is 1. The third-order valence-electron chi connectivity index (χ3n) is 9.14. The van der Waals surface area contributed by atoms with E-state index in [0.717, 1.165) is 25.7 Å². The van der Waals surface area contributed by atoms with Crippen LogP contribution in [0, 0.1) is 5.41 Å². The predicted octanol–water partition coefficient (Wildman–Crippen LogP) is 9.85. The molecule has 348 valence electrons. The number of allylic oxidation sites excluding steroid dienone is 10. The highest BCUT2D eigenvalue weighted by molar-refractivity contribution is 5.93. The number of aliphatic hydroxyl groups is 1. The van der Waals surface area contributed by atoms with Gasteiger partial charge in [0.1, 0.15) is 29.3 Å². The zero-order valence-corrected chi connectivity index (χ0v) is 38.4. The minimum Gasteiger partial charge on any atom is -0.465 e. The highest BCUT2D eigenvalue weighted by atomic mass is 16.6. The smallest absolute Gasteiger partial charge is 0.342 e. The van der Waals surface area contributed by atoms with Crippen molar-refractivity contribution < 1.29 is 52.8 Å². The molecule has 0 bridgehead atoms. The third-order valence-corrected chi connectivity index (χ3v) is 9.14. The van der Waals surface area contributed by atoms with Crippen molar-refractivity contribution in [1.82, 2.24) is 10.3 Å². The number of hydrogen-bond donors (Lipinski definition) is 2. The summed E-state index contributed by atoms with van der Waals surface area (Å²) in [5.41, 5.74) is -1.66. The number of hydrogen-bond acceptors (Lipinski definition) is 12. The molecule has 0 aliphatic carbocycles. The lowest BCUT2D eigenvalue weighted by atomic mass is 9.86. The second-order valence-electron chi connectivity index (χ2n) is 16.5. The Labute approximate surface area is 383 Å². The minimum atomic E-state index is -1.65. The number of unbranched alkanes of at least 4 members (excludes halogenated alkanes) is 1. The van der Waals surface area contributed by atoms with Gasteiger partial charge in [-0.25, -0.2) is 9.59 Å². The molecule has 1 amide bonds.